The Balaban J connectivity index is 1.99. The van der Waals surface area contributed by atoms with E-state index in [2.05, 4.69) is 34.4 Å². The molecule has 1 aromatic heterocycles. The zero-order valence-corrected chi connectivity index (χ0v) is 9.53. The minimum absolute atomic E-state index is 0.904. The molecule has 3 nitrogen and oxygen atoms in total. The Morgan fingerprint density at radius 1 is 1.53 bits per heavy atom. The second-order valence-corrected chi connectivity index (χ2v) is 4.33. The van der Waals surface area contributed by atoms with Gasteiger partial charge in [-0.05, 0) is 24.8 Å². The van der Waals surface area contributed by atoms with Crippen LogP contribution in [0.25, 0.3) is 0 Å². The van der Waals surface area contributed by atoms with Crippen LogP contribution < -0.4 is 10.2 Å². The molecule has 15 heavy (non-hydrogen) atoms. The zero-order chi connectivity index (χ0) is 10.7. The summed E-state index contributed by atoms with van der Waals surface area (Å²) < 4.78 is 0. The van der Waals surface area contributed by atoms with Crippen LogP contribution in [-0.2, 0) is 0 Å². The van der Waals surface area contributed by atoms with Gasteiger partial charge in [-0.3, -0.25) is 0 Å². The van der Waals surface area contributed by atoms with E-state index in [-0.39, 0.29) is 0 Å². The minimum atomic E-state index is 0.904. The molecule has 2 rings (SSSR count). The maximum atomic E-state index is 4.22. The van der Waals surface area contributed by atoms with Gasteiger partial charge in [-0.15, -0.1) is 0 Å². The van der Waals surface area contributed by atoms with Gasteiger partial charge in [0.15, 0.2) is 0 Å². The molecule has 0 spiro atoms. The van der Waals surface area contributed by atoms with E-state index in [1.807, 2.05) is 13.2 Å². The molecule has 1 heterocycles. The van der Waals surface area contributed by atoms with Gasteiger partial charge in [0.05, 0.1) is 0 Å². The fourth-order valence-corrected chi connectivity index (χ4v) is 1.96. The number of nitrogens with one attached hydrogen (secondary N) is 1. The predicted octanol–water partition coefficient (Wildman–Crippen LogP) is 2.36. The lowest BCUT2D eigenvalue weighted by molar-refractivity contribution is 0.321. The monoisotopic (exact) mass is 205 g/mol. The number of rotatable bonds is 4. The Morgan fingerprint density at radius 2 is 2.33 bits per heavy atom. The number of hydrogen-bond donors (Lipinski definition) is 1. The van der Waals surface area contributed by atoms with E-state index in [1.165, 1.54) is 31.5 Å². The van der Waals surface area contributed by atoms with Gasteiger partial charge in [0.25, 0.3) is 0 Å². The van der Waals surface area contributed by atoms with E-state index >= 15 is 0 Å². The molecular weight excluding hydrogens is 186 g/mol. The van der Waals surface area contributed by atoms with Crippen molar-refractivity contribution in [1.29, 1.82) is 0 Å². The van der Waals surface area contributed by atoms with Crippen molar-refractivity contribution in [2.45, 2.75) is 19.3 Å². The molecule has 1 aliphatic rings. The molecule has 1 fully saturated rings. The summed E-state index contributed by atoms with van der Waals surface area (Å²) in [6.07, 6.45) is 6.07. The second kappa shape index (κ2) is 4.51. The minimum Gasteiger partial charge on any atom is -0.374 e. The molecule has 1 aromatic rings. The number of hydrogen-bond acceptors (Lipinski definition) is 3. The molecule has 0 unspecified atom stereocenters. The summed E-state index contributed by atoms with van der Waals surface area (Å²) in [5.41, 5.74) is 1.25. The SMILES string of the molecule is CNc1cc(N(C)CC2CCC2)ccn1. The van der Waals surface area contributed by atoms with Crippen LogP contribution in [0.3, 0.4) is 0 Å². The highest BCUT2D eigenvalue weighted by molar-refractivity contribution is 5.53. The molecule has 0 saturated heterocycles. The fraction of sp³-hybridized carbons (Fsp3) is 0.583. The number of aromatic nitrogens is 1. The zero-order valence-electron chi connectivity index (χ0n) is 9.53. The first-order chi connectivity index (χ1) is 7.29. The highest BCUT2D eigenvalue weighted by atomic mass is 15.1. The van der Waals surface area contributed by atoms with Crippen LogP contribution in [0.15, 0.2) is 18.3 Å². The van der Waals surface area contributed by atoms with Crippen molar-refractivity contribution in [2.24, 2.45) is 5.92 Å². The summed E-state index contributed by atoms with van der Waals surface area (Å²) in [5, 5.41) is 3.07. The molecular formula is C12H19N3. The van der Waals surface area contributed by atoms with Crippen LogP contribution in [-0.4, -0.2) is 25.6 Å². The van der Waals surface area contributed by atoms with Crippen LogP contribution in [0.4, 0.5) is 11.5 Å². The van der Waals surface area contributed by atoms with Gasteiger partial charge in [0.2, 0.25) is 0 Å². The Hall–Kier alpha value is -1.25. The van der Waals surface area contributed by atoms with E-state index < -0.39 is 0 Å². The summed E-state index contributed by atoms with van der Waals surface area (Å²) in [5.74, 6) is 1.84. The smallest absolute Gasteiger partial charge is 0.127 e. The van der Waals surface area contributed by atoms with Crippen molar-refractivity contribution in [1.82, 2.24) is 4.98 Å². The van der Waals surface area contributed by atoms with Gasteiger partial charge < -0.3 is 10.2 Å². The lowest BCUT2D eigenvalue weighted by atomic mass is 9.85. The van der Waals surface area contributed by atoms with Crippen LogP contribution in [0, 0.1) is 5.92 Å². The third-order valence-electron chi connectivity index (χ3n) is 3.20. The lowest BCUT2D eigenvalue weighted by Gasteiger charge is -2.31. The Labute approximate surface area is 91.5 Å². The average Bonchev–Trinajstić information content (AvgIpc) is 2.23. The summed E-state index contributed by atoms with van der Waals surface area (Å²) in [6, 6.07) is 4.16. The van der Waals surface area contributed by atoms with E-state index in [4.69, 9.17) is 0 Å². The molecule has 1 saturated carbocycles. The summed E-state index contributed by atoms with van der Waals surface area (Å²) in [6.45, 7) is 1.17. The first kappa shape index (κ1) is 10.3. The van der Waals surface area contributed by atoms with Crippen LogP contribution in [0.1, 0.15) is 19.3 Å². The molecule has 0 atom stereocenters. The van der Waals surface area contributed by atoms with Gasteiger partial charge in [0.1, 0.15) is 5.82 Å². The summed E-state index contributed by atoms with van der Waals surface area (Å²) in [4.78, 5) is 6.54. The normalized spacial score (nSPS) is 15.9. The van der Waals surface area contributed by atoms with Crippen molar-refractivity contribution < 1.29 is 0 Å². The van der Waals surface area contributed by atoms with Crippen LogP contribution >= 0.6 is 0 Å². The molecule has 0 amide bonds. The van der Waals surface area contributed by atoms with Crippen LogP contribution in [0.2, 0.25) is 0 Å². The molecule has 3 heteroatoms. The third kappa shape index (κ3) is 2.41. The van der Waals surface area contributed by atoms with E-state index in [9.17, 15) is 0 Å². The number of anilines is 2. The molecule has 0 aromatic carbocycles. The van der Waals surface area contributed by atoms with Gasteiger partial charge in [-0.25, -0.2) is 4.98 Å². The standard InChI is InChI=1S/C12H19N3/c1-13-12-8-11(6-7-14-12)15(2)9-10-4-3-5-10/h6-8,10H,3-5,9H2,1-2H3,(H,13,14). The van der Waals surface area contributed by atoms with Crippen molar-refractivity contribution in [2.75, 3.05) is 30.9 Å². The predicted molar refractivity (Wildman–Crippen MR) is 64.4 cm³/mol. The Morgan fingerprint density at radius 3 is 2.93 bits per heavy atom. The van der Waals surface area contributed by atoms with Crippen LogP contribution in [0.5, 0.6) is 0 Å². The molecule has 1 N–H and O–H groups in total. The van der Waals surface area contributed by atoms with Crippen molar-refractivity contribution >= 4 is 11.5 Å². The molecule has 1 aliphatic carbocycles. The van der Waals surface area contributed by atoms with E-state index in [1.54, 1.807) is 0 Å². The van der Waals surface area contributed by atoms with Crippen molar-refractivity contribution in [3.05, 3.63) is 18.3 Å². The highest BCUT2D eigenvalue weighted by Crippen LogP contribution is 2.28. The summed E-state index contributed by atoms with van der Waals surface area (Å²) in [7, 11) is 4.06. The molecule has 82 valence electrons. The fourth-order valence-electron chi connectivity index (χ4n) is 1.96. The highest BCUT2D eigenvalue weighted by Gasteiger charge is 2.19. The first-order valence-electron chi connectivity index (χ1n) is 5.64. The lowest BCUT2D eigenvalue weighted by Crippen LogP contribution is -2.29. The van der Waals surface area contributed by atoms with Gasteiger partial charge in [-0.2, -0.15) is 0 Å². The van der Waals surface area contributed by atoms with Gasteiger partial charge in [-0.1, -0.05) is 6.42 Å². The number of pyridine rings is 1. The topological polar surface area (TPSA) is 28.2 Å². The van der Waals surface area contributed by atoms with Gasteiger partial charge in [0, 0.05) is 38.6 Å². The maximum Gasteiger partial charge on any atom is 0.127 e. The third-order valence-corrected chi connectivity index (χ3v) is 3.20. The van der Waals surface area contributed by atoms with E-state index in [0.29, 0.717) is 0 Å². The van der Waals surface area contributed by atoms with E-state index in [0.717, 1.165) is 11.7 Å². The molecule has 0 bridgehead atoms. The van der Waals surface area contributed by atoms with Crippen molar-refractivity contribution in [3.8, 4) is 0 Å². The average molecular weight is 205 g/mol. The second-order valence-electron chi connectivity index (χ2n) is 4.33. The Kier molecular flexibility index (Phi) is 3.09. The largest absolute Gasteiger partial charge is 0.374 e. The molecule has 0 radical (unpaired) electrons. The van der Waals surface area contributed by atoms with Crippen molar-refractivity contribution in [3.63, 3.8) is 0 Å². The first-order valence-corrected chi connectivity index (χ1v) is 5.64. The summed E-state index contributed by atoms with van der Waals surface area (Å²) >= 11 is 0. The molecule has 0 aliphatic heterocycles. The Bertz CT molecular complexity index is 320. The van der Waals surface area contributed by atoms with Gasteiger partial charge >= 0.3 is 0 Å². The maximum absolute atomic E-state index is 4.22. The quantitative estimate of drug-likeness (QED) is 0.818. The number of nitrogens with zero attached hydrogens (tertiary/aromatic N) is 2.